The summed E-state index contributed by atoms with van der Waals surface area (Å²) in [5.41, 5.74) is 0.0317. The average Bonchev–Trinajstić information content (AvgIpc) is 1.85. The number of hydrogen-bond donors (Lipinski definition) is 1. The van der Waals surface area contributed by atoms with Crippen molar-refractivity contribution in [3.8, 4) is 0 Å². The summed E-state index contributed by atoms with van der Waals surface area (Å²) in [6.07, 6.45) is 0. The first-order chi connectivity index (χ1) is 5.38. The molecule has 0 unspecified atom stereocenters. The van der Waals surface area contributed by atoms with Gasteiger partial charge in [0.15, 0.2) is 0 Å². The van der Waals surface area contributed by atoms with E-state index in [1.54, 1.807) is 0 Å². The standard InChI is InChI=1S/C7H13F2NOS/c1-7(2,3)5(10-11)4-12-6(8)9/h6,11H,4H2,1-3H3. The summed E-state index contributed by atoms with van der Waals surface area (Å²) < 4.78 is 23.5. The molecule has 0 rings (SSSR count). The highest BCUT2D eigenvalue weighted by atomic mass is 32.2. The SMILES string of the molecule is CC(C)(C)C(CSC(F)F)=NO. The predicted molar refractivity (Wildman–Crippen MR) is 47.1 cm³/mol. The number of nitrogens with zero attached hydrogens (tertiary/aromatic N) is 1. The van der Waals surface area contributed by atoms with Crippen molar-refractivity contribution in [2.45, 2.75) is 26.5 Å². The molecule has 0 amide bonds. The van der Waals surface area contributed by atoms with Gasteiger partial charge in [0.25, 0.3) is 5.76 Å². The van der Waals surface area contributed by atoms with Crippen molar-refractivity contribution >= 4 is 17.5 Å². The monoisotopic (exact) mass is 197 g/mol. The maximum absolute atomic E-state index is 11.7. The van der Waals surface area contributed by atoms with Crippen LogP contribution in [0.2, 0.25) is 0 Å². The summed E-state index contributed by atoms with van der Waals surface area (Å²) in [6.45, 7) is 5.44. The van der Waals surface area contributed by atoms with Crippen LogP contribution in [-0.4, -0.2) is 22.4 Å². The van der Waals surface area contributed by atoms with Crippen molar-refractivity contribution in [1.82, 2.24) is 0 Å². The van der Waals surface area contributed by atoms with E-state index in [1.165, 1.54) is 0 Å². The molecule has 0 heterocycles. The van der Waals surface area contributed by atoms with Crippen LogP contribution < -0.4 is 0 Å². The first-order valence-electron chi connectivity index (χ1n) is 3.49. The maximum atomic E-state index is 11.7. The molecule has 1 N–H and O–H groups in total. The van der Waals surface area contributed by atoms with Gasteiger partial charge in [-0.25, -0.2) is 0 Å². The summed E-state index contributed by atoms with van der Waals surface area (Å²) in [5.74, 6) is -2.35. The summed E-state index contributed by atoms with van der Waals surface area (Å²) in [7, 11) is 0. The molecule has 0 aliphatic carbocycles. The van der Waals surface area contributed by atoms with Crippen LogP contribution in [-0.2, 0) is 0 Å². The van der Waals surface area contributed by atoms with E-state index in [0.29, 0.717) is 17.5 Å². The molecule has 0 bridgehead atoms. The van der Waals surface area contributed by atoms with Gasteiger partial charge in [-0.1, -0.05) is 37.7 Å². The Bertz CT molecular complexity index is 165. The molecule has 0 spiro atoms. The number of oxime groups is 1. The number of halogens is 2. The fourth-order valence-corrected chi connectivity index (χ4v) is 1.31. The second-order valence-corrected chi connectivity index (χ2v) is 4.35. The third kappa shape index (κ3) is 4.54. The van der Waals surface area contributed by atoms with Crippen LogP contribution in [0.1, 0.15) is 20.8 Å². The zero-order valence-electron chi connectivity index (χ0n) is 7.34. The number of thioether (sulfide) groups is 1. The van der Waals surface area contributed by atoms with E-state index < -0.39 is 5.76 Å². The third-order valence-electron chi connectivity index (χ3n) is 1.33. The van der Waals surface area contributed by atoms with Crippen molar-refractivity contribution < 1.29 is 14.0 Å². The minimum atomic E-state index is -2.41. The van der Waals surface area contributed by atoms with Crippen LogP contribution in [0, 0.1) is 5.41 Å². The van der Waals surface area contributed by atoms with E-state index in [2.05, 4.69) is 5.16 Å². The zero-order chi connectivity index (χ0) is 9.78. The second-order valence-electron chi connectivity index (χ2n) is 3.37. The van der Waals surface area contributed by atoms with Gasteiger partial charge in [-0.05, 0) is 0 Å². The van der Waals surface area contributed by atoms with Crippen molar-refractivity contribution in [2.24, 2.45) is 10.6 Å². The summed E-state index contributed by atoms with van der Waals surface area (Å²) >= 11 is 0.467. The van der Waals surface area contributed by atoms with Crippen molar-refractivity contribution in [1.29, 1.82) is 0 Å². The molecule has 0 saturated heterocycles. The van der Waals surface area contributed by atoms with Crippen molar-refractivity contribution in [2.75, 3.05) is 5.75 Å². The molecule has 0 fully saturated rings. The lowest BCUT2D eigenvalue weighted by atomic mass is 9.91. The van der Waals surface area contributed by atoms with Crippen LogP contribution in [0.15, 0.2) is 5.16 Å². The first kappa shape index (κ1) is 11.7. The molecule has 0 aromatic heterocycles. The Morgan fingerprint density at radius 1 is 1.50 bits per heavy atom. The van der Waals surface area contributed by atoms with Crippen LogP contribution in [0.5, 0.6) is 0 Å². The van der Waals surface area contributed by atoms with E-state index in [4.69, 9.17) is 5.21 Å². The van der Waals surface area contributed by atoms with Gasteiger partial charge in [0.2, 0.25) is 0 Å². The number of hydrogen-bond acceptors (Lipinski definition) is 3. The van der Waals surface area contributed by atoms with Crippen LogP contribution in [0.4, 0.5) is 8.78 Å². The summed E-state index contributed by atoms with van der Waals surface area (Å²) in [6, 6.07) is 0. The fraction of sp³-hybridized carbons (Fsp3) is 0.857. The van der Waals surface area contributed by atoms with Crippen LogP contribution >= 0.6 is 11.8 Å². The summed E-state index contributed by atoms with van der Waals surface area (Å²) in [5, 5.41) is 11.5. The van der Waals surface area contributed by atoms with Crippen LogP contribution in [0.3, 0.4) is 0 Å². The molecule has 0 saturated carbocycles. The van der Waals surface area contributed by atoms with E-state index in [1.807, 2.05) is 20.8 Å². The fourth-order valence-electron chi connectivity index (χ4n) is 0.537. The molecule has 0 aliphatic rings. The molecule has 72 valence electrons. The topological polar surface area (TPSA) is 32.6 Å². The van der Waals surface area contributed by atoms with Gasteiger partial charge in [0.1, 0.15) is 0 Å². The molecule has 5 heteroatoms. The Morgan fingerprint density at radius 2 is 2.00 bits per heavy atom. The second kappa shape index (κ2) is 4.64. The van der Waals surface area contributed by atoms with Crippen molar-refractivity contribution in [3.05, 3.63) is 0 Å². The Morgan fingerprint density at radius 3 is 2.25 bits per heavy atom. The number of alkyl halides is 2. The Balaban J connectivity index is 4.04. The molecule has 0 aromatic rings. The minimum absolute atomic E-state index is 0.0671. The molecule has 0 aromatic carbocycles. The normalized spacial score (nSPS) is 14.0. The highest BCUT2D eigenvalue weighted by molar-refractivity contribution is 8.00. The average molecular weight is 197 g/mol. The molecule has 0 aliphatic heterocycles. The lowest BCUT2D eigenvalue weighted by Gasteiger charge is -2.19. The molecular weight excluding hydrogens is 184 g/mol. The Labute approximate surface area is 75.0 Å². The predicted octanol–water partition coefficient (Wildman–Crippen LogP) is 2.82. The first-order valence-corrected chi connectivity index (χ1v) is 4.54. The largest absolute Gasteiger partial charge is 0.411 e. The zero-order valence-corrected chi connectivity index (χ0v) is 8.16. The maximum Gasteiger partial charge on any atom is 0.284 e. The van der Waals surface area contributed by atoms with Gasteiger partial charge in [-0.15, -0.1) is 0 Å². The summed E-state index contributed by atoms with van der Waals surface area (Å²) in [4.78, 5) is 0. The highest BCUT2D eigenvalue weighted by Crippen LogP contribution is 2.22. The molecule has 0 radical (unpaired) electrons. The van der Waals surface area contributed by atoms with E-state index in [9.17, 15) is 8.78 Å². The van der Waals surface area contributed by atoms with Crippen molar-refractivity contribution in [3.63, 3.8) is 0 Å². The molecule has 0 atom stereocenters. The smallest absolute Gasteiger partial charge is 0.284 e. The van der Waals surface area contributed by atoms with Gasteiger partial charge in [-0.2, -0.15) is 8.78 Å². The van der Waals surface area contributed by atoms with Gasteiger partial charge in [-0.3, -0.25) is 0 Å². The molecule has 2 nitrogen and oxygen atoms in total. The van der Waals surface area contributed by atoms with E-state index >= 15 is 0 Å². The quantitative estimate of drug-likeness (QED) is 0.428. The molecular formula is C7H13F2NOS. The van der Waals surface area contributed by atoms with Crippen LogP contribution in [0.25, 0.3) is 0 Å². The lowest BCUT2D eigenvalue weighted by molar-refractivity contribution is 0.252. The third-order valence-corrected chi connectivity index (χ3v) is 2.02. The molecule has 12 heavy (non-hydrogen) atoms. The van der Waals surface area contributed by atoms with E-state index in [0.717, 1.165) is 0 Å². The minimum Gasteiger partial charge on any atom is -0.411 e. The van der Waals surface area contributed by atoms with Gasteiger partial charge in [0.05, 0.1) is 5.71 Å². The Hall–Kier alpha value is -0.320. The lowest BCUT2D eigenvalue weighted by Crippen LogP contribution is -2.23. The highest BCUT2D eigenvalue weighted by Gasteiger charge is 2.20. The Kier molecular flexibility index (Phi) is 4.52. The van der Waals surface area contributed by atoms with Gasteiger partial charge >= 0.3 is 0 Å². The van der Waals surface area contributed by atoms with E-state index in [-0.39, 0.29) is 11.2 Å². The van der Waals surface area contributed by atoms with Gasteiger partial charge in [0, 0.05) is 11.2 Å². The van der Waals surface area contributed by atoms with Gasteiger partial charge < -0.3 is 5.21 Å². The number of rotatable bonds is 3.